The molecule has 0 aliphatic heterocycles. The molecule has 1 saturated carbocycles. The minimum atomic E-state index is -0.923. The van der Waals surface area contributed by atoms with Crippen LogP contribution in [0.1, 0.15) is 41.9 Å². The highest BCUT2D eigenvalue weighted by Gasteiger charge is 2.29. The van der Waals surface area contributed by atoms with Gasteiger partial charge < -0.3 is 14.5 Å². The molecule has 18 heavy (non-hydrogen) atoms. The van der Waals surface area contributed by atoms with Crippen LogP contribution in [-0.2, 0) is 4.79 Å². The molecule has 6 heteroatoms. The Morgan fingerprint density at radius 2 is 2.28 bits per heavy atom. The zero-order valence-corrected chi connectivity index (χ0v) is 10.4. The second-order valence-corrected chi connectivity index (χ2v) is 4.81. The van der Waals surface area contributed by atoms with Crippen LogP contribution in [0.15, 0.2) is 10.6 Å². The summed E-state index contributed by atoms with van der Waals surface area (Å²) < 4.78 is 5.10. The molecule has 1 aliphatic carbocycles. The summed E-state index contributed by atoms with van der Waals surface area (Å²) in [5.41, 5.74) is 0.247. The molecule has 0 bridgehead atoms. The lowest BCUT2D eigenvalue weighted by atomic mass is 10.1. The minimum Gasteiger partial charge on any atom is -0.481 e. The van der Waals surface area contributed by atoms with Crippen molar-refractivity contribution in [2.24, 2.45) is 5.92 Å². The number of carboxylic acids is 1. The molecule has 1 aliphatic rings. The lowest BCUT2D eigenvalue weighted by Crippen LogP contribution is -2.33. The number of amides is 1. The Kier molecular flexibility index (Phi) is 3.36. The predicted octanol–water partition coefficient (Wildman–Crippen LogP) is 1.34. The van der Waals surface area contributed by atoms with E-state index in [9.17, 15) is 9.59 Å². The second kappa shape index (κ2) is 4.80. The first-order valence-corrected chi connectivity index (χ1v) is 5.94. The first kappa shape index (κ1) is 12.6. The van der Waals surface area contributed by atoms with Crippen LogP contribution in [0, 0.1) is 5.92 Å². The van der Waals surface area contributed by atoms with Crippen molar-refractivity contribution in [3.05, 3.63) is 17.5 Å². The van der Waals surface area contributed by atoms with Gasteiger partial charge in [-0.15, -0.1) is 0 Å². The molecular weight excluding hydrogens is 236 g/mol. The van der Waals surface area contributed by atoms with Crippen molar-refractivity contribution in [2.45, 2.75) is 25.7 Å². The van der Waals surface area contributed by atoms with Crippen molar-refractivity contribution >= 4 is 11.9 Å². The first-order chi connectivity index (χ1) is 8.49. The molecule has 1 aromatic rings. The normalized spacial score (nSPS) is 16.3. The molecule has 0 aromatic carbocycles. The summed E-state index contributed by atoms with van der Waals surface area (Å²) in [5.74, 6) is -0.679. The van der Waals surface area contributed by atoms with Crippen molar-refractivity contribution in [1.82, 2.24) is 10.1 Å². The quantitative estimate of drug-likeness (QED) is 0.855. The molecular formula is C12H16N2O4. The molecule has 0 unspecified atom stereocenters. The van der Waals surface area contributed by atoms with E-state index < -0.39 is 11.9 Å². The zero-order valence-electron chi connectivity index (χ0n) is 10.4. The monoisotopic (exact) mass is 252 g/mol. The summed E-state index contributed by atoms with van der Waals surface area (Å²) in [4.78, 5) is 24.0. The van der Waals surface area contributed by atoms with E-state index in [0.29, 0.717) is 5.92 Å². The molecule has 1 atom stereocenters. The van der Waals surface area contributed by atoms with E-state index in [2.05, 4.69) is 5.16 Å². The number of hydrogen-bond acceptors (Lipinski definition) is 4. The lowest BCUT2D eigenvalue weighted by molar-refractivity contribution is -0.141. The van der Waals surface area contributed by atoms with Crippen LogP contribution in [-0.4, -0.2) is 40.6 Å². The molecule has 1 N–H and O–H groups in total. The van der Waals surface area contributed by atoms with Crippen molar-refractivity contribution in [1.29, 1.82) is 0 Å². The maximum Gasteiger partial charge on any atom is 0.308 e. The van der Waals surface area contributed by atoms with Crippen LogP contribution in [0.25, 0.3) is 0 Å². The van der Waals surface area contributed by atoms with E-state index in [-0.39, 0.29) is 18.1 Å². The molecule has 0 spiro atoms. The summed E-state index contributed by atoms with van der Waals surface area (Å²) in [6.45, 7) is 1.71. The molecule has 1 amide bonds. The van der Waals surface area contributed by atoms with Gasteiger partial charge in [-0.25, -0.2) is 0 Å². The summed E-state index contributed by atoms with van der Waals surface area (Å²) in [6.07, 6.45) is 2.16. The van der Waals surface area contributed by atoms with Gasteiger partial charge in [-0.2, -0.15) is 0 Å². The Bertz CT molecular complexity index is 464. The molecule has 0 radical (unpaired) electrons. The summed E-state index contributed by atoms with van der Waals surface area (Å²) in [7, 11) is 1.56. The van der Waals surface area contributed by atoms with Crippen LogP contribution in [0.2, 0.25) is 0 Å². The number of nitrogens with zero attached hydrogens (tertiary/aromatic N) is 2. The third-order valence-corrected chi connectivity index (χ3v) is 3.04. The predicted molar refractivity (Wildman–Crippen MR) is 62.2 cm³/mol. The standard InChI is InChI=1S/C12H16N2O4/c1-7(12(16)17)6-14(2)11(15)9-5-10(18-13-9)8-3-4-8/h5,7-8H,3-4,6H2,1-2H3,(H,16,17)/t7-/m1/s1. The lowest BCUT2D eigenvalue weighted by Gasteiger charge is -2.17. The zero-order chi connectivity index (χ0) is 13.3. The van der Waals surface area contributed by atoms with Gasteiger partial charge in [-0.3, -0.25) is 9.59 Å². The van der Waals surface area contributed by atoms with E-state index in [1.54, 1.807) is 20.0 Å². The molecule has 98 valence electrons. The van der Waals surface area contributed by atoms with E-state index in [0.717, 1.165) is 18.6 Å². The highest BCUT2D eigenvalue weighted by atomic mass is 16.5. The fraction of sp³-hybridized carbons (Fsp3) is 0.583. The van der Waals surface area contributed by atoms with E-state index in [4.69, 9.17) is 9.63 Å². The second-order valence-electron chi connectivity index (χ2n) is 4.81. The van der Waals surface area contributed by atoms with Crippen molar-refractivity contribution < 1.29 is 19.2 Å². The maximum atomic E-state index is 12.0. The number of carboxylic acid groups (broad SMARTS) is 1. The average Bonchev–Trinajstić information content (AvgIpc) is 3.06. The van der Waals surface area contributed by atoms with Crippen LogP contribution in [0.4, 0.5) is 0 Å². The Balaban J connectivity index is 1.98. The molecule has 1 aromatic heterocycles. The number of carbonyl (C=O) groups excluding carboxylic acids is 1. The smallest absolute Gasteiger partial charge is 0.308 e. The number of rotatable bonds is 5. The Morgan fingerprint density at radius 1 is 1.61 bits per heavy atom. The van der Waals surface area contributed by atoms with Gasteiger partial charge in [-0.05, 0) is 12.8 Å². The maximum absolute atomic E-state index is 12.0. The van der Waals surface area contributed by atoms with Gasteiger partial charge in [0.05, 0.1) is 5.92 Å². The highest BCUT2D eigenvalue weighted by molar-refractivity contribution is 5.92. The highest BCUT2D eigenvalue weighted by Crippen LogP contribution is 2.40. The molecule has 1 fully saturated rings. The molecule has 6 nitrogen and oxygen atoms in total. The van der Waals surface area contributed by atoms with Gasteiger partial charge in [0.25, 0.3) is 5.91 Å². The van der Waals surface area contributed by atoms with E-state index >= 15 is 0 Å². The molecule has 1 heterocycles. The van der Waals surface area contributed by atoms with Gasteiger partial charge in [0.15, 0.2) is 5.69 Å². The average molecular weight is 252 g/mol. The van der Waals surface area contributed by atoms with E-state index in [1.807, 2.05) is 0 Å². The summed E-state index contributed by atoms with van der Waals surface area (Å²) in [5, 5.41) is 12.5. The van der Waals surface area contributed by atoms with Crippen molar-refractivity contribution in [3.63, 3.8) is 0 Å². The molecule has 2 rings (SSSR count). The van der Waals surface area contributed by atoms with Gasteiger partial charge >= 0.3 is 5.97 Å². The van der Waals surface area contributed by atoms with Gasteiger partial charge in [0.1, 0.15) is 5.76 Å². The topological polar surface area (TPSA) is 83.6 Å². The fourth-order valence-electron chi connectivity index (χ4n) is 1.72. The van der Waals surface area contributed by atoms with Crippen molar-refractivity contribution in [3.8, 4) is 0 Å². The first-order valence-electron chi connectivity index (χ1n) is 5.94. The van der Waals surface area contributed by atoms with Gasteiger partial charge in [0.2, 0.25) is 0 Å². The molecule has 0 saturated heterocycles. The summed E-state index contributed by atoms with van der Waals surface area (Å²) >= 11 is 0. The Morgan fingerprint density at radius 3 is 2.83 bits per heavy atom. The number of aliphatic carboxylic acids is 1. The van der Waals surface area contributed by atoms with Crippen LogP contribution < -0.4 is 0 Å². The van der Waals surface area contributed by atoms with Crippen LogP contribution >= 0.6 is 0 Å². The van der Waals surface area contributed by atoms with Crippen LogP contribution in [0.5, 0.6) is 0 Å². The number of aromatic nitrogens is 1. The SMILES string of the molecule is C[C@H](CN(C)C(=O)c1cc(C2CC2)on1)C(=O)O. The minimum absolute atomic E-state index is 0.153. The van der Waals surface area contributed by atoms with Crippen molar-refractivity contribution in [2.75, 3.05) is 13.6 Å². The van der Waals surface area contributed by atoms with Gasteiger partial charge in [-0.1, -0.05) is 12.1 Å². The Labute approximate surface area is 105 Å². The fourth-order valence-corrected chi connectivity index (χ4v) is 1.72. The summed E-state index contributed by atoms with van der Waals surface area (Å²) in [6, 6.07) is 1.65. The van der Waals surface area contributed by atoms with E-state index in [1.165, 1.54) is 4.90 Å². The third-order valence-electron chi connectivity index (χ3n) is 3.04. The number of hydrogen-bond donors (Lipinski definition) is 1. The number of carbonyl (C=O) groups is 2. The van der Waals surface area contributed by atoms with Crippen LogP contribution in [0.3, 0.4) is 0 Å². The Hall–Kier alpha value is -1.85. The van der Waals surface area contributed by atoms with Gasteiger partial charge in [0, 0.05) is 25.6 Å². The largest absolute Gasteiger partial charge is 0.481 e. The third kappa shape index (κ3) is 2.69.